The van der Waals surface area contributed by atoms with Crippen LogP contribution in [0.5, 0.6) is 0 Å². The molecule has 21 heavy (non-hydrogen) atoms. The van der Waals surface area contributed by atoms with E-state index in [4.69, 9.17) is 0 Å². The van der Waals surface area contributed by atoms with Crippen LogP contribution < -0.4 is 0 Å². The number of allylic oxidation sites excluding steroid dienone is 1. The first-order valence-electron chi connectivity index (χ1n) is 6.52. The maximum absolute atomic E-state index is 12.1. The Bertz CT molecular complexity index is 733. The van der Waals surface area contributed by atoms with Gasteiger partial charge in [0.2, 0.25) is 0 Å². The van der Waals surface area contributed by atoms with Gasteiger partial charge in [-0.3, -0.25) is 14.9 Å². The fraction of sp³-hybridized carbons (Fsp3) is 0.118. The molecule has 0 aliphatic rings. The van der Waals surface area contributed by atoms with Crippen molar-refractivity contribution in [1.82, 2.24) is 0 Å². The zero-order valence-electron chi connectivity index (χ0n) is 11.9. The van der Waals surface area contributed by atoms with Crippen LogP contribution in [0.2, 0.25) is 0 Å². The van der Waals surface area contributed by atoms with Crippen LogP contribution in [0.15, 0.2) is 48.5 Å². The van der Waals surface area contributed by atoms with Gasteiger partial charge in [-0.1, -0.05) is 24.3 Å². The van der Waals surface area contributed by atoms with Gasteiger partial charge in [0.15, 0.2) is 5.78 Å². The molecule has 0 saturated heterocycles. The van der Waals surface area contributed by atoms with Crippen LogP contribution >= 0.6 is 0 Å². The molecular formula is C17H15NO3. The van der Waals surface area contributed by atoms with Gasteiger partial charge < -0.3 is 0 Å². The number of carbonyl (C=O) groups is 1. The van der Waals surface area contributed by atoms with Gasteiger partial charge in [0.25, 0.3) is 5.69 Å². The van der Waals surface area contributed by atoms with Crippen LogP contribution in [0.3, 0.4) is 0 Å². The molecule has 0 N–H and O–H groups in total. The highest BCUT2D eigenvalue weighted by molar-refractivity contribution is 6.07. The summed E-state index contributed by atoms with van der Waals surface area (Å²) in [5.74, 6) is -0.170. The zero-order valence-corrected chi connectivity index (χ0v) is 11.9. The van der Waals surface area contributed by atoms with Crippen LogP contribution in [0, 0.1) is 24.0 Å². The van der Waals surface area contributed by atoms with Gasteiger partial charge in [-0.25, -0.2) is 0 Å². The summed E-state index contributed by atoms with van der Waals surface area (Å²) in [6.45, 7) is 3.92. The van der Waals surface area contributed by atoms with E-state index in [2.05, 4.69) is 0 Å². The van der Waals surface area contributed by atoms with Gasteiger partial charge in [0, 0.05) is 11.6 Å². The van der Waals surface area contributed by atoms with Gasteiger partial charge in [-0.2, -0.15) is 0 Å². The fourth-order valence-corrected chi connectivity index (χ4v) is 1.95. The molecule has 0 aliphatic heterocycles. The Morgan fingerprint density at radius 2 is 1.81 bits per heavy atom. The molecule has 0 heterocycles. The monoisotopic (exact) mass is 281 g/mol. The summed E-state index contributed by atoms with van der Waals surface area (Å²) in [4.78, 5) is 22.6. The van der Waals surface area contributed by atoms with Crippen LogP contribution in [-0.2, 0) is 0 Å². The van der Waals surface area contributed by atoms with E-state index in [1.165, 1.54) is 18.2 Å². The van der Waals surface area contributed by atoms with E-state index >= 15 is 0 Å². The molecule has 0 aromatic heterocycles. The van der Waals surface area contributed by atoms with Crippen LogP contribution in [0.25, 0.3) is 6.08 Å². The van der Waals surface area contributed by atoms with E-state index in [-0.39, 0.29) is 11.5 Å². The zero-order chi connectivity index (χ0) is 15.4. The number of rotatable bonds is 4. The summed E-state index contributed by atoms with van der Waals surface area (Å²) < 4.78 is 0. The number of carbonyl (C=O) groups excluding carboxylic acids is 1. The molecular weight excluding hydrogens is 266 g/mol. The summed E-state index contributed by atoms with van der Waals surface area (Å²) in [6.07, 6.45) is 2.85. The average Bonchev–Trinajstić information content (AvgIpc) is 2.47. The number of aryl methyl sites for hydroxylation is 2. The molecule has 106 valence electrons. The Balaban J connectivity index is 2.27. The Labute approximate surface area is 122 Å². The van der Waals surface area contributed by atoms with E-state index in [0.717, 1.165) is 11.1 Å². The number of para-hydroxylation sites is 1. The highest BCUT2D eigenvalue weighted by Crippen LogP contribution is 2.19. The normalized spacial score (nSPS) is 10.8. The SMILES string of the molecule is Cc1ccc(C(=O)C=Cc2ccccc2[N+](=O)[O-])cc1C. The predicted octanol–water partition coefficient (Wildman–Crippen LogP) is 4.11. The van der Waals surface area contributed by atoms with Gasteiger partial charge in [-0.05, 0) is 49.3 Å². The van der Waals surface area contributed by atoms with Crippen molar-refractivity contribution in [3.05, 3.63) is 80.9 Å². The van der Waals surface area contributed by atoms with Gasteiger partial charge in [0.05, 0.1) is 10.5 Å². The minimum absolute atomic E-state index is 0.0124. The van der Waals surface area contributed by atoms with Crippen molar-refractivity contribution in [2.75, 3.05) is 0 Å². The molecule has 2 aromatic carbocycles. The number of nitrogens with zero attached hydrogens (tertiary/aromatic N) is 1. The van der Waals surface area contributed by atoms with Crippen molar-refractivity contribution in [2.45, 2.75) is 13.8 Å². The van der Waals surface area contributed by atoms with Crippen molar-refractivity contribution in [3.63, 3.8) is 0 Å². The Morgan fingerprint density at radius 1 is 1.10 bits per heavy atom. The summed E-state index contributed by atoms with van der Waals surface area (Å²) in [7, 11) is 0. The lowest BCUT2D eigenvalue weighted by Gasteiger charge is -2.02. The van der Waals surface area contributed by atoms with E-state index in [1.807, 2.05) is 26.0 Å². The van der Waals surface area contributed by atoms with E-state index in [0.29, 0.717) is 11.1 Å². The molecule has 0 atom stereocenters. The maximum Gasteiger partial charge on any atom is 0.276 e. The third-order valence-electron chi connectivity index (χ3n) is 3.34. The second-order valence-corrected chi connectivity index (χ2v) is 4.81. The highest BCUT2D eigenvalue weighted by atomic mass is 16.6. The highest BCUT2D eigenvalue weighted by Gasteiger charge is 2.10. The third kappa shape index (κ3) is 3.42. The number of ketones is 1. The number of nitro groups is 1. The van der Waals surface area contributed by atoms with Crippen molar-refractivity contribution < 1.29 is 9.72 Å². The van der Waals surface area contributed by atoms with Gasteiger partial charge >= 0.3 is 0 Å². The molecule has 0 fully saturated rings. The second kappa shape index (κ2) is 6.13. The molecule has 4 nitrogen and oxygen atoms in total. The largest absolute Gasteiger partial charge is 0.289 e. The number of hydrogen-bond donors (Lipinski definition) is 0. The Hall–Kier alpha value is -2.75. The average molecular weight is 281 g/mol. The van der Waals surface area contributed by atoms with Crippen LogP contribution in [0.1, 0.15) is 27.0 Å². The van der Waals surface area contributed by atoms with E-state index < -0.39 is 4.92 Å². The Morgan fingerprint density at radius 3 is 2.48 bits per heavy atom. The molecule has 0 unspecified atom stereocenters. The van der Waals surface area contributed by atoms with Crippen LogP contribution in [0.4, 0.5) is 5.69 Å². The molecule has 0 aliphatic carbocycles. The molecule has 4 heteroatoms. The van der Waals surface area contributed by atoms with Crippen LogP contribution in [-0.4, -0.2) is 10.7 Å². The lowest BCUT2D eigenvalue weighted by molar-refractivity contribution is -0.385. The fourth-order valence-electron chi connectivity index (χ4n) is 1.95. The lowest BCUT2D eigenvalue weighted by atomic mass is 10.0. The summed E-state index contributed by atoms with van der Waals surface area (Å²) in [6, 6.07) is 11.8. The second-order valence-electron chi connectivity index (χ2n) is 4.81. The number of hydrogen-bond acceptors (Lipinski definition) is 3. The van der Waals surface area contributed by atoms with Crippen molar-refractivity contribution >= 4 is 17.5 Å². The summed E-state index contributed by atoms with van der Waals surface area (Å²) >= 11 is 0. The smallest absolute Gasteiger partial charge is 0.276 e. The first-order valence-corrected chi connectivity index (χ1v) is 6.52. The molecule has 0 spiro atoms. The van der Waals surface area contributed by atoms with E-state index in [9.17, 15) is 14.9 Å². The molecule has 0 bridgehead atoms. The number of nitro benzene ring substituents is 1. The third-order valence-corrected chi connectivity index (χ3v) is 3.34. The van der Waals surface area contributed by atoms with Crippen molar-refractivity contribution in [1.29, 1.82) is 0 Å². The minimum atomic E-state index is -0.458. The number of benzene rings is 2. The van der Waals surface area contributed by atoms with Gasteiger partial charge in [0.1, 0.15) is 0 Å². The Kier molecular flexibility index (Phi) is 4.28. The first kappa shape index (κ1) is 14.7. The standard InChI is InChI=1S/C17H15NO3/c1-12-7-8-15(11-13(12)2)17(19)10-9-14-5-3-4-6-16(14)18(20)21/h3-11H,1-2H3. The predicted molar refractivity (Wildman–Crippen MR) is 82.4 cm³/mol. The van der Waals surface area contributed by atoms with E-state index in [1.54, 1.807) is 24.3 Å². The minimum Gasteiger partial charge on any atom is -0.289 e. The quantitative estimate of drug-likeness (QED) is 0.367. The summed E-state index contributed by atoms with van der Waals surface area (Å²) in [5.41, 5.74) is 3.14. The summed E-state index contributed by atoms with van der Waals surface area (Å²) in [5, 5.41) is 10.9. The lowest BCUT2D eigenvalue weighted by Crippen LogP contribution is -1.96. The maximum atomic E-state index is 12.1. The molecule has 0 saturated carbocycles. The molecule has 0 radical (unpaired) electrons. The molecule has 0 amide bonds. The molecule has 2 rings (SSSR count). The van der Waals surface area contributed by atoms with Crippen molar-refractivity contribution in [2.24, 2.45) is 0 Å². The first-order chi connectivity index (χ1) is 9.99. The van der Waals surface area contributed by atoms with Gasteiger partial charge in [-0.15, -0.1) is 0 Å². The topological polar surface area (TPSA) is 60.2 Å². The molecule has 2 aromatic rings. The van der Waals surface area contributed by atoms with Crippen molar-refractivity contribution in [3.8, 4) is 0 Å².